The Hall–Kier alpha value is -0.620. The summed E-state index contributed by atoms with van der Waals surface area (Å²) in [5.41, 5.74) is 0. The van der Waals surface area contributed by atoms with Crippen LogP contribution in [0.25, 0.3) is 0 Å². The van der Waals surface area contributed by atoms with Crippen molar-refractivity contribution in [3.8, 4) is 0 Å². The number of hydrogen-bond donors (Lipinski definition) is 1. The summed E-state index contributed by atoms with van der Waals surface area (Å²) in [4.78, 5) is 14.3. The highest BCUT2D eigenvalue weighted by Crippen LogP contribution is 2.23. The molecule has 1 aliphatic carbocycles. The van der Waals surface area contributed by atoms with Crippen LogP contribution in [0.4, 0.5) is 0 Å². The van der Waals surface area contributed by atoms with Crippen molar-refractivity contribution in [3.05, 3.63) is 0 Å². The molecule has 0 spiro atoms. The minimum atomic E-state index is -3.12. The van der Waals surface area contributed by atoms with E-state index in [0.717, 1.165) is 25.7 Å². The Morgan fingerprint density at radius 2 is 1.79 bits per heavy atom. The van der Waals surface area contributed by atoms with Gasteiger partial charge in [0.15, 0.2) is 9.84 Å². The molecule has 19 heavy (non-hydrogen) atoms. The number of rotatable bonds is 2. The highest BCUT2D eigenvalue weighted by atomic mass is 32.2. The number of likely N-dealkylation sites (N-methyl/N-ethyl adjacent to an activating group) is 1. The lowest BCUT2D eigenvalue weighted by Crippen LogP contribution is -2.50. The zero-order chi connectivity index (χ0) is 13.9. The SMILES string of the molecule is CNC1CS(=O)(=O)CCN(C2CCCCCC2)C1=O. The fourth-order valence-electron chi connectivity index (χ4n) is 3.10. The van der Waals surface area contributed by atoms with Crippen molar-refractivity contribution in [1.29, 1.82) is 0 Å². The molecule has 1 saturated heterocycles. The van der Waals surface area contributed by atoms with Crippen LogP contribution in [0.15, 0.2) is 0 Å². The fraction of sp³-hybridized carbons (Fsp3) is 0.923. The first-order valence-corrected chi connectivity index (χ1v) is 9.04. The Labute approximate surface area is 115 Å². The molecule has 0 aromatic carbocycles. The molecule has 2 fully saturated rings. The number of carbonyl (C=O) groups is 1. The summed E-state index contributed by atoms with van der Waals surface area (Å²) in [5, 5.41) is 2.86. The van der Waals surface area contributed by atoms with E-state index in [4.69, 9.17) is 0 Å². The molecular formula is C13H24N2O3S. The van der Waals surface area contributed by atoms with Crippen LogP contribution in [0.1, 0.15) is 38.5 Å². The number of carbonyl (C=O) groups excluding carboxylic acids is 1. The Balaban J connectivity index is 2.16. The van der Waals surface area contributed by atoms with E-state index in [1.807, 2.05) is 4.90 Å². The topological polar surface area (TPSA) is 66.5 Å². The van der Waals surface area contributed by atoms with E-state index < -0.39 is 15.9 Å². The van der Waals surface area contributed by atoms with Crippen LogP contribution in [0, 0.1) is 0 Å². The van der Waals surface area contributed by atoms with Crippen LogP contribution in [-0.4, -0.2) is 56.4 Å². The molecule has 2 rings (SSSR count). The predicted octanol–water partition coefficient (Wildman–Crippen LogP) is 0.554. The number of nitrogens with zero attached hydrogens (tertiary/aromatic N) is 1. The molecule has 1 aliphatic heterocycles. The monoisotopic (exact) mass is 288 g/mol. The maximum atomic E-state index is 12.5. The molecule has 1 unspecified atom stereocenters. The summed E-state index contributed by atoms with van der Waals surface area (Å²) < 4.78 is 23.7. The van der Waals surface area contributed by atoms with Gasteiger partial charge in [-0.2, -0.15) is 0 Å². The molecule has 1 atom stereocenters. The van der Waals surface area contributed by atoms with Gasteiger partial charge in [-0.3, -0.25) is 4.79 Å². The van der Waals surface area contributed by atoms with E-state index in [0.29, 0.717) is 6.54 Å². The largest absolute Gasteiger partial charge is 0.337 e. The van der Waals surface area contributed by atoms with E-state index in [1.54, 1.807) is 7.05 Å². The summed E-state index contributed by atoms with van der Waals surface area (Å²) >= 11 is 0. The standard InChI is InChI=1S/C13H24N2O3S/c1-14-12-10-19(17,18)9-8-15(13(12)16)11-6-4-2-3-5-7-11/h11-12,14H,2-10H2,1H3. The van der Waals surface area contributed by atoms with Crippen molar-refractivity contribution in [2.75, 3.05) is 25.1 Å². The van der Waals surface area contributed by atoms with Crippen LogP contribution in [0.3, 0.4) is 0 Å². The zero-order valence-electron chi connectivity index (χ0n) is 11.6. The van der Waals surface area contributed by atoms with Gasteiger partial charge >= 0.3 is 0 Å². The quantitative estimate of drug-likeness (QED) is 0.754. The second-order valence-corrected chi connectivity index (χ2v) is 7.86. The first-order valence-electron chi connectivity index (χ1n) is 7.21. The van der Waals surface area contributed by atoms with Gasteiger partial charge in [0.05, 0.1) is 11.5 Å². The van der Waals surface area contributed by atoms with Gasteiger partial charge in [0.1, 0.15) is 6.04 Å². The maximum absolute atomic E-state index is 12.5. The van der Waals surface area contributed by atoms with E-state index in [2.05, 4.69) is 5.32 Å². The van der Waals surface area contributed by atoms with Gasteiger partial charge < -0.3 is 10.2 Å². The first-order chi connectivity index (χ1) is 9.03. The molecule has 1 amide bonds. The Morgan fingerprint density at radius 3 is 2.37 bits per heavy atom. The third-order valence-corrected chi connectivity index (χ3v) is 5.90. The van der Waals surface area contributed by atoms with E-state index >= 15 is 0 Å². The van der Waals surface area contributed by atoms with Crippen LogP contribution in [0.5, 0.6) is 0 Å². The smallest absolute Gasteiger partial charge is 0.241 e. The summed E-state index contributed by atoms with van der Waals surface area (Å²) in [6.07, 6.45) is 6.78. The van der Waals surface area contributed by atoms with Gasteiger partial charge in [-0.15, -0.1) is 0 Å². The lowest BCUT2D eigenvalue weighted by molar-refractivity contribution is -0.134. The molecule has 1 N–H and O–H groups in total. The molecule has 0 radical (unpaired) electrons. The van der Waals surface area contributed by atoms with Gasteiger partial charge in [-0.1, -0.05) is 25.7 Å². The second kappa shape index (κ2) is 6.22. The number of sulfone groups is 1. The van der Waals surface area contributed by atoms with Gasteiger partial charge in [0, 0.05) is 12.6 Å². The van der Waals surface area contributed by atoms with Crippen molar-refractivity contribution in [3.63, 3.8) is 0 Å². The summed E-state index contributed by atoms with van der Waals surface area (Å²) in [7, 11) is -1.46. The molecule has 6 heteroatoms. The summed E-state index contributed by atoms with van der Waals surface area (Å²) in [6.45, 7) is 0.365. The van der Waals surface area contributed by atoms with Crippen molar-refractivity contribution in [2.24, 2.45) is 0 Å². The van der Waals surface area contributed by atoms with Gasteiger partial charge in [0.2, 0.25) is 5.91 Å². The normalized spacial score (nSPS) is 29.8. The van der Waals surface area contributed by atoms with Crippen molar-refractivity contribution in [2.45, 2.75) is 50.6 Å². The molecule has 110 valence electrons. The minimum absolute atomic E-state index is 0.0320. The van der Waals surface area contributed by atoms with E-state index in [1.165, 1.54) is 12.8 Å². The Kier molecular flexibility index (Phi) is 4.84. The van der Waals surface area contributed by atoms with Crippen molar-refractivity contribution >= 4 is 15.7 Å². The van der Waals surface area contributed by atoms with Crippen molar-refractivity contribution in [1.82, 2.24) is 10.2 Å². The predicted molar refractivity (Wildman–Crippen MR) is 74.7 cm³/mol. The highest BCUT2D eigenvalue weighted by Gasteiger charge is 2.35. The van der Waals surface area contributed by atoms with Gasteiger partial charge in [-0.25, -0.2) is 8.42 Å². The molecular weight excluding hydrogens is 264 g/mol. The molecule has 0 aromatic heterocycles. The van der Waals surface area contributed by atoms with E-state index in [9.17, 15) is 13.2 Å². The van der Waals surface area contributed by atoms with Crippen LogP contribution in [0.2, 0.25) is 0 Å². The molecule has 0 bridgehead atoms. The fourth-order valence-corrected chi connectivity index (χ4v) is 4.55. The number of amides is 1. The molecule has 2 aliphatic rings. The third-order valence-electron chi connectivity index (χ3n) is 4.26. The Morgan fingerprint density at radius 1 is 1.16 bits per heavy atom. The zero-order valence-corrected chi connectivity index (χ0v) is 12.4. The molecule has 1 heterocycles. The summed E-state index contributed by atoms with van der Waals surface area (Å²) in [6, 6.07) is -0.338. The highest BCUT2D eigenvalue weighted by molar-refractivity contribution is 7.91. The molecule has 5 nitrogen and oxygen atoms in total. The average Bonchev–Trinajstić information content (AvgIpc) is 2.69. The van der Waals surface area contributed by atoms with Crippen LogP contribution >= 0.6 is 0 Å². The van der Waals surface area contributed by atoms with Crippen molar-refractivity contribution < 1.29 is 13.2 Å². The molecule has 1 saturated carbocycles. The molecule has 0 aromatic rings. The average molecular weight is 288 g/mol. The summed E-state index contributed by atoms with van der Waals surface area (Å²) in [5.74, 6) is 0.00868. The lowest BCUT2D eigenvalue weighted by atomic mass is 10.1. The van der Waals surface area contributed by atoms with E-state index in [-0.39, 0.29) is 23.5 Å². The maximum Gasteiger partial charge on any atom is 0.241 e. The van der Waals surface area contributed by atoms with Gasteiger partial charge in [-0.05, 0) is 19.9 Å². The minimum Gasteiger partial charge on any atom is -0.337 e. The Bertz CT molecular complexity index is 414. The van der Waals surface area contributed by atoms with Crippen LogP contribution in [-0.2, 0) is 14.6 Å². The lowest BCUT2D eigenvalue weighted by Gasteiger charge is -2.31. The first kappa shape index (κ1) is 14.8. The third kappa shape index (κ3) is 3.69. The second-order valence-electron chi connectivity index (χ2n) is 5.63. The van der Waals surface area contributed by atoms with Crippen LogP contribution < -0.4 is 5.32 Å². The van der Waals surface area contributed by atoms with Gasteiger partial charge in [0.25, 0.3) is 0 Å². The number of hydrogen-bond acceptors (Lipinski definition) is 4. The number of nitrogens with one attached hydrogen (secondary N) is 1.